The second-order valence-corrected chi connectivity index (χ2v) is 9.18. The van der Waals surface area contributed by atoms with Crippen LogP contribution in [0.3, 0.4) is 0 Å². The van der Waals surface area contributed by atoms with Crippen LogP contribution >= 0.6 is 7.82 Å². The molecular weight excluding hydrogens is 382 g/mol. The first kappa shape index (κ1) is 31.3. The molecule has 6 heteroatoms. The molecule has 0 rings (SSSR count). The monoisotopic (exact) mass is 428 g/mol. The number of hydrogen-bond acceptors (Lipinski definition) is 4. The van der Waals surface area contributed by atoms with Crippen LogP contribution in [-0.2, 0) is 13.6 Å². The van der Waals surface area contributed by atoms with Crippen molar-refractivity contribution in [3.8, 4) is 0 Å². The van der Waals surface area contributed by atoms with Crippen LogP contribution in [0.4, 0.5) is 0 Å². The van der Waals surface area contributed by atoms with Crippen molar-refractivity contribution in [3.05, 3.63) is 0 Å². The van der Waals surface area contributed by atoms with Gasteiger partial charge in [0.15, 0.2) is 0 Å². The maximum atomic E-state index is 11.6. The summed E-state index contributed by atoms with van der Waals surface area (Å²) in [5.74, 6) is 0. The summed E-state index contributed by atoms with van der Waals surface area (Å²) in [6.45, 7) is 4.90. The fraction of sp³-hybridized carbons (Fsp3) is 1.00. The molecule has 0 fully saturated rings. The molecule has 0 spiro atoms. The summed E-state index contributed by atoms with van der Waals surface area (Å²) in [4.78, 5) is 11.6. The summed E-state index contributed by atoms with van der Waals surface area (Å²) in [7, 11) is -4.08. The molecular formula is C22H46NaO4P. The second kappa shape index (κ2) is 24.4. The van der Waals surface area contributed by atoms with Gasteiger partial charge in [-0.2, -0.15) is 0 Å². The van der Waals surface area contributed by atoms with Gasteiger partial charge in [0.05, 0.1) is 13.2 Å². The fourth-order valence-corrected chi connectivity index (χ4v) is 4.00. The molecule has 0 aromatic carbocycles. The van der Waals surface area contributed by atoms with Crippen LogP contribution < -0.4 is 34.5 Å². The van der Waals surface area contributed by atoms with Gasteiger partial charge in [-0.15, -0.1) is 0 Å². The molecule has 0 aliphatic heterocycles. The van der Waals surface area contributed by atoms with Crippen LogP contribution in [0.1, 0.15) is 129 Å². The van der Waals surface area contributed by atoms with E-state index in [-0.39, 0.29) is 42.8 Å². The largest absolute Gasteiger partial charge is 1.00 e. The molecule has 0 saturated heterocycles. The van der Waals surface area contributed by atoms with Crippen LogP contribution in [0.2, 0.25) is 0 Å². The number of phosphoric acid groups is 1. The summed E-state index contributed by atoms with van der Waals surface area (Å²) in [6, 6.07) is 0. The Hall–Kier alpha value is 1.11. The van der Waals surface area contributed by atoms with E-state index in [4.69, 9.17) is 9.05 Å². The molecule has 1 atom stereocenters. The van der Waals surface area contributed by atoms with Crippen LogP contribution in [0.25, 0.3) is 0 Å². The molecule has 0 radical (unpaired) electrons. The zero-order valence-corrected chi connectivity index (χ0v) is 22.1. The van der Waals surface area contributed by atoms with Crippen LogP contribution in [-0.4, -0.2) is 13.2 Å². The number of rotatable bonds is 22. The minimum Gasteiger partial charge on any atom is -0.756 e. The molecule has 0 amide bonds. The molecule has 0 saturated carbocycles. The van der Waals surface area contributed by atoms with Crippen molar-refractivity contribution in [2.75, 3.05) is 13.2 Å². The van der Waals surface area contributed by atoms with Gasteiger partial charge in [0, 0.05) is 0 Å². The first-order valence-electron chi connectivity index (χ1n) is 11.7. The smallest absolute Gasteiger partial charge is 0.756 e. The van der Waals surface area contributed by atoms with E-state index >= 15 is 0 Å². The Morgan fingerprint density at radius 1 is 0.536 bits per heavy atom. The van der Waals surface area contributed by atoms with E-state index in [1.165, 1.54) is 77.0 Å². The van der Waals surface area contributed by atoms with Crippen LogP contribution in [0.5, 0.6) is 0 Å². The Balaban J connectivity index is 0. The Bertz CT molecular complexity index is 342. The SMILES string of the molecule is CCCCCCCCCCCCCCCCOP(=O)([O-])OCCCCCC.[Na+]. The van der Waals surface area contributed by atoms with E-state index in [2.05, 4.69) is 13.8 Å². The van der Waals surface area contributed by atoms with E-state index in [9.17, 15) is 9.46 Å². The third-order valence-electron chi connectivity index (χ3n) is 4.99. The molecule has 0 aliphatic rings. The van der Waals surface area contributed by atoms with Crippen molar-refractivity contribution in [3.63, 3.8) is 0 Å². The molecule has 0 N–H and O–H groups in total. The average Bonchev–Trinajstić information content (AvgIpc) is 2.64. The zero-order valence-electron chi connectivity index (χ0n) is 19.2. The normalized spacial score (nSPS) is 13.2. The van der Waals surface area contributed by atoms with Gasteiger partial charge < -0.3 is 13.9 Å². The molecule has 0 bridgehead atoms. The number of phosphoric ester groups is 1. The van der Waals surface area contributed by atoms with Gasteiger partial charge in [0.2, 0.25) is 0 Å². The first-order valence-corrected chi connectivity index (χ1v) is 13.2. The van der Waals surface area contributed by atoms with Gasteiger partial charge in [-0.25, -0.2) is 0 Å². The van der Waals surface area contributed by atoms with E-state index in [1.54, 1.807) is 0 Å². The van der Waals surface area contributed by atoms with Crippen molar-refractivity contribution < 1.29 is 48.1 Å². The molecule has 1 unspecified atom stereocenters. The van der Waals surface area contributed by atoms with Gasteiger partial charge in [0.25, 0.3) is 7.82 Å². The Morgan fingerprint density at radius 2 is 0.786 bits per heavy atom. The predicted octanol–water partition coefficient (Wildman–Crippen LogP) is 4.55. The van der Waals surface area contributed by atoms with E-state index in [0.29, 0.717) is 0 Å². The molecule has 164 valence electrons. The third-order valence-corrected chi connectivity index (χ3v) is 5.99. The van der Waals surface area contributed by atoms with E-state index < -0.39 is 7.82 Å². The van der Waals surface area contributed by atoms with Crippen molar-refractivity contribution in [1.29, 1.82) is 0 Å². The summed E-state index contributed by atoms with van der Waals surface area (Å²) >= 11 is 0. The van der Waals surface area contributed by atoms with Crippen LogP contribution in [0.15, 0.2) is 0 Å². The van der Waals surface area contributed by atoms with E-state index in [1.807, 2.05) is 0 Å². The minimum atomic E-state index is -4.08. The van der Waals surface area contributed by atoms with Crippen LogP contribution in [0, 0.1) is 0 Å². The van der Waals surface area contributed by atoms with Gasteiger partial charge in [-0.05, 0) is 12.8 Å². The Kier molecular flexibility index (Phi) is 27.3. The molecule has 0 aromatic rings. The average molecular weight is 429 g/mol. The molecule has 0 heterocycles. The minimum absolute atomic E-state index is 0. The number of hydrogen-bond donors (Lipinski definition) is 0. The molecule has 0 aromatic heterocycles. The third kappa shape index (κ3) is 25.1. The van der Waals surface area contributed by atoms with Crippen molar-refractivity contribution in [2.24, 2.45) is 0 Å². The molecule has 28 heavy (non-hydrogen) atoms. The van der Waals surface area contributed by atoms with Gasteiger partial charge in [0.1, 0.15) is 0 Å². The summed E-state index contributed by atoms with van der Waals surface area (Å²) in [5.41, 5.74) is 0. The summed E-state index contributed by atoms with van der Waals surface area (Å²) in [6.07, 6.45) is 22.0. The number of unbranched alkanes of at least 4 members (excludes halogenated alkanes) is 16. The maximum Gasteiger partial charge on any atom is 1.00 e. The van der Waals surface area contributed by atoms with Gasteiger partial charge in [-0.1, -0.05) is 117 Å². The summed E-state index contributed by atoms with van der Waals surface area (Å²) in [5, 5.41) is 0. The molecule has 4 nitrogen and oxygen atoms in total. The van der Waals surface area contributed by atoms with Crippen molar-refractivity contribution in [1.82, 2.24) is 0 Å². The zero-order chi connectivity index (χ0) is 20.1. The second-order valence-electron chi connectivity index (χ2n) is 7.77. The summed E-state index contributed by atoms with van der Waals surface area (Å²) < 4.78 is 21.4. The van der Waals surface area contributed by atoms with Gasteiger partial charge in [-0.3, -0.25) is 4.57 Å². The molecule has 0 aliphatic carbocycles. The predicted molar refractivity (Wildman–Crippen MR) is 114 cm³/mol. The standard InChI is InChI=1S/C22H47O4P.Na/c1-3-5-7-9-10-11-12-13-14-15-16-17-18-20-22-26-27(23,24)25-21-19-8-6-4-2;/h3-22H2,1-2H3,(H,23,24);/q;+1/p-1. The Labute approximate surface area is 197 Å². The topological polar surface area (TPSA) is 58.6 Å². The maximum absolute atomic E-state index is 11.6. The van der Waals surface area contributed by atoms with Gasteiger partial charge >= 0.3 is 29.6 Å². The Morgan fingerprint density at radius 3 is 1.11 bits per heavy atom. The van der Waals surface area contributed by atoms with E-state index in [0.717, 1.165) is 38.5 Å². The fourth-order valence-electron chi connectivity index (χ4n) is 3.22. The van der Waals surface area contributed by atoms with Crippen molar-refractivity contribution in [2.45, 2.75) is 129 Å². The van der Waals surface area contributed by atoms with Crippen molar-refractivity contribution >= 4 is 7.82 Å². The quantitative estimate of drug-likeness (QED) is 0.144. The first-order chi connectivity index (χ1) is 13.1.